The number of aliphatic hydroxyl groups excluding tert-OH is 1. The van der Waals surface area contributed by atoms with Crippen molar-refractivity contribution in [2.45, 2.75) is 52.0 Å². The molecule has 1 amide bonds. The molecule has 1 N–H and O–H groups in total. The van der Waals surface area contributed by atoms with Crippen LogP contribution in [-0.4, -0.2) is 55.7 Å². The molecule has 1 unspecified atom stereocenters. The van der Waals surface area contributed by atoms with E-state index in [4.69, 9.17) is 14.2 Å². The number of likely N-dealkylation sites (tertiary alicyclic amines) is 1. The average molecular weight is 496 g/mol. The molecular weight excluding hydrogens is 458 g/mol. The van der Waals surface area contributed by atoms with Crippen molar-refractivity contribution in [1.29, 1.82) is 0 Å². The van der Waals surface area contributed by atoms with Gasteiger partial charge in [-0.2, -0.15) is 0 Å². The molecule has 1 aliphatic rings. The summed E-state index contributed by atoms with van der Waals surface area (Å²) in [6, 6.07) is 11.9. The number of aliphatic hydroxyl groups is 1. The van der Waals surface area contributed by atoms with E-state index in [-0.39, 0.29) is 16.7 Å². The van der Waals surface area contributed by atoms with Gasteiger partial charge in [0.05, 0.1) is 25.3 Å². The average Bonchev–Trinajstić information content (AvgIpc) is 3.11. The molecule has 1 saturated heterocycles. The molecule has 1 heterocycles. The molecule has 1 atom stereocenters. The fourth-order valence-electron chi connectivity index (χ4n) is 4.40. The molecule has 2 aromatic carbocycles. The van der Waals surface area contributed by atoms with Crippen molar-refractivity contribution in [2.75, 3.05) is 34.0 Å². The number of hydrogen-bond donors (Lipinski definition) is 1. The first kappa shape index (κ1) is 27.3. The molecule has 0 aromatic heterocycles. The second-order valence-corrected chi connectivity index (χ2v) is 9.92. The highest BCUT2D eigenvalue weighted by Gasteiger charge is 2.45. The van der Waals surface area contributed by atoms with Gasteiger partial charge in [0.1, 0.15) is 17.3 Å². The predicted octanol–water partition coefficient (Wildman–Crippen LogP) is 5.24. The molecule has 1 aliphatic heterocycles. The normalized spacial score (nSPS) is 17.5. The summed E-state index contributed by atoms with van der Waals surface area (Å²) in [5, 5.41) is 11.4. The van der Waals surface area contributed by atoms with Crippen LogP contribution in [0.1, 0.15) is 63.3 Å². The van der Waals surface area contributed by atoms with Gasteiger partial charge in [0.2, 0.25) is 0 Å². The maximum Gasteiger partial charge on any atom is 0.295 e. The third kappa shape index (κ3) is 5.73. The molecule has 194 valence electrons. The van der Waals surface area contributed by atoms with Gasteiger partial charge in [0, 0.05) is 31.4 Å². The van der Waals surface area contributed by atoms with Gasteiger partial charge >= 0.3 is 0 Å². The van der Waals surface area contributed by atoms with Crippen LogP contribution >= 0.6 is 0 Å². The number of amides is 1. The van der Waals surface area contributed by atoms with Crippen LogP contribution in [0.5, 0.6) is 11.5 Å². The number of benzene rings is 2. The van der Waals surface area contributed by atoms with Crippen LogP contribution in [0.15, 0.2) is 48.0 Å². The molecule has 3 rings (SSSR count). The van der Waals surface area contributed by atoms with Crippen molar-refractivity contribution in [3.63, 3.8) is 0 Å². The fraction of sp³-hybridized carbons (Fsp3) is 0.448. The maximum absolute atomic E-state index is 13.3. The monoisotopic (exact) mass is 495 g/mol. The topological polar surface area (TPSA) is 85.3 Å². The lowest BCUT2D eigenvalue weighted by Crippen LogP contribution is -2.31. The molecule has 0 spiro atoms. The van der Waals surface area contributed by atoms with Crippen LogP contribution in [0.3, 0.4) is 0 Å². The van der Waals surface area contributed by atoms with Gasteiger partial charge in [0.15, 0.2) is 0 Å². The summed E-state index contributed by atoms with van der Waals surface area (Å²) in [4.78, 5) is 27.9. The Balaban J connectivity index is 2.13. The molecule has 7 heteroatoms. The van der Waals surface area contributed by atoms with Crippen molar-refractivity contribution in [2.24, 2.45) is 0 Å². The minimum atomic E-state index is -0.720. The molecule has 1 fully saturated rings. The highest BCUT2D eigenvalue weighted by Crippen LogP contribution is 2.41. The SMILES string of the molecule is CCCOc1ccc(C2/C(=C(/O)c3ccc(OC)c(C(C)(C)C)c3)C(=O)C(=O)N2CCCOC)cc1. The van der Waals surface area contributed by atoms with Gasteiger partial charge in [-0.1, -0.05) is 39.8 Å². The van der Waals surface area contributed by atoms with Gasteiger partial charge in [-0.25, -0.2) is 0 Å². The van der Waals surface area contributed by atoms with Crippen molar-refractivity contribution >= 4 is 17.4 Å². The quantitative estimate of drug-likeness (QED) is 0.210. The molecule has 36 heavy (non-hydrogen) atoms. The standard InChI is InChI=1S/C29H37NO6/c1-7-16-36-21-12-9-19(10-13-21)25-24(27(32)28(33)30(25)15-8-17-34-5)26(31)20-11-14-23(35-6)22(18-20)29(2,3)4/h9-14,18,25,31H,7-8,15-17H2,1-6H3/b26-24-. The summed E-state index contributed by atoms with van der Waals surface area (Å²) in [5.74, 6) is -0.130. The number of nitrogens with zero attached hydrogens (tertiary/aromatic N) is 1. The van der Waals surface area contributed by atoms with Gasteiger partial charge in [0.25, 0.3) is 11.7 Å². The number of ether oxygens (including phenoxy) is 3. The minimum absolute atomic E-state index is 0.0738. The third-order valence-corrected chi connectivity index (χ3v) is 6.24. The number of carbonyl (C=O) groups excluding carboxylic acids is 2. The van der Waals surface area contributed by atoms with E-state index in [9.17, 15) is 14.7 Å². The Labute approximate surface area is 213 Å². The zero-order valence-electron chi connectivity index (χ0n) is 22.1. The molecule has 2 aromatic rings. The summed E-state index contributed by atoms with van der Waals surface area (Å²) in [6.07, 6.45) is 1.45. The molecule has 0 aliphatic carbocycles. The number of rotatable bonds is 10. The molecule has 7 nitrogen and oxygen atoms in total. The Morgan fingerprint density at radius 1 is 1.03 bits per heavy atom. The summed E-state index contributed by atoms with van der Waals surface area (Å²) in [7, 11) is 3.20. The van der Waals surface area contributed by atoms with Crippen molar-refractivity contribution in [3.8, 4) is 11.5 Å². The van der Waals surface area contributed by atoms with E-state index < -0.39 is 17.7 Å². The highest BCUT2D eigenvalue weighted by molar-refractivity contribution is 6.46. The summed E-state index contributed by atoms with van der Waals surface area (Å²) < 4.78 is 16.4. The first-order valence-electron chi connectivity index (χ1n) is 12.3. The minimum Gasteiger partial charge on any atom is -0.507 e. The van der Waals surface area contributed by atoms with E-state index >= 15 is 0 Å². The number of carbonyl (C=O) groups is 2. The van der Waals surface area contributed by atoms with Gasteiger partial charge in [-0.05, 0) is 54.2 Å². The van der Waals surface area contributed by atoms with Gasteiger partial charge in [-0.3, -0.25) is 9.59 Å². The molecule has 0 radical (unpaired) electrons. The molecular formula is C29H37NO6. The lowest BCUT2D eigenvalue weighted by Gasteiger charge is -2.26. The lowest BCUT2D eigenvalue weighted by atomic mass is 9.84. The third-order valence-electron chi connectivity index (χ3n) is 6.24. The summed E-state index contributed by atoms with van der Waals surface area (Å²) in [6.45, 7) is 9.55. The fourth-order valence-corrected chi connectivity index (χ4v) is 4.40. The second-order valence-electron chi connectivity index (χ2n) is 9.92. The highest BCUT2D eigenvalue weighted by atomic mass is 16.5. The Morgan fingerprint density at radius 2 is 1.72 bits per heavy atom. The Hall–Kier alpha value is -3.32. The zero-order valence-corrected chi connectivity index (χ0v) is 22.1. The Kier molecular flexibility index (Phi) is 8.79. The van der Waals surface area contributed by atoms with E-state index in [0.29, 0.717) is 43.2 Å². The molecule has 0 bridgehead atoms. The van der Waals surface area contributed by atoms with E-state index in [0.717, 1.165) is 17.5 Å². The first-order valence-corrected chi connectivity index (χ1v) is 12.3. The van der Waals surface area contributed by atoms with Crippen molar-refractivity contribution < 1.29 is 28.9 Å². The number of hydrogen-bond acceptors (Lipinski definition) is 6. The summed E-state index contributed by atoms with van der Waals surface area (Å²) >= 11 is 0. The predicted molar refractivity (Wildman–Crippen MR) is 139 cm³/mol. The lowest BCUT2D eigenvalue weighted by molar-refractivity contribution is -0.140. The van der Waals surface area contributed by atoms with E-state index in [1.54, 1.807) is 26.4 Å². The Bertz CT molecular complexity index is 1110. The largest absolute Gasteiger partial charge is 0.507 e. The van der Waals surface area contributed by atoms with Crippen LogP contribution in [0.25, 0.3) is 5.76 Å². The van der Waals surface area contributed by atoms with Crippen LogP contribution in [0.4, 0.5) is 0 Å². The van der Waals surface area contributed by atoms with E-state index in [1.165, 1.54) is 4.90 Å². The van der Waals surface area contributed by atoms with Crippen LogP contribution in [-0.2, 0) is 19.7 Å². The van der Waals surface area contributed by atoms with Gasteiger partial charge < -0.3 is 24.2 Å². The van der Waals surface area contributed by atoms with Gasteiger partial charge in [-0.15, -0.1) is 0 Å². The first-order chi connectivity index (χ1) is 17.1. The number of Topliss-reactive ketones (excluding diaryl/α,β-unsaturated/α-hetero) is 1. The zero-order chi connectivity index (χ0) is 26.5. The van der Waals surface area contributed by atoms with Crippen LogP contribution in [0.2, 0.25) is 0 Å². The van der Waals surface area contributed by atoms with E-state index in [1.807, 2.05) is 58.0 Å². The maximum atomic E-state index is 13.3. The number of ketones is 1. The van der Waals surface area contributed by atoms with Crippen molar-refractivity contribution in [1.82, 2.24) is 4.90 Å². The van der Waals surface area contributed by atoms with Crippen molar-refractivity contribution in [3.05, 3.63) is 64.7 Å². The van der Waals surface area contributed by atoms with Crippen LogP contribution in [0, 0.1) is 0 Å². The van der Waals surface area contributed by atoms with Crippen LogP contribution < -0.4 is 9.47 Å². The number of methoxy groups -OCH3 is 2. The molecule has 0 saturated carbocycles. The second kappa shape index (κ2) is 11.6. The van der Waals surface area contributed by atoms with E-state index in [2.05, 4.69) is 0 Å². The summed E-state index contributed by atoms with van der Waals surface area (Å²) in [5.41, 5.74) is 1.88. The smallest absolute Gasteiger partial charge is 0.295 e. The Morgan fingerprint density at radius 3 is 2.31 bits per heavy atom.